The maximum atomic E-state index is 12.5. The van der Waals surface area contributed by atoms with Gasteiger partial charge in [-0.25, -0.2) is 13.6 Å². The Morgan fingerprint density at radius 3 is 2.44 bits per heavy atom. The van der Waals surface area contributed by atoms with Crippen molar-refractivity contribution in [3.05, 3.63) is 41.6 Å². The number of benzene rings is 1. The van der Waals surface area contributed by atoms with Gasteiger partial charge in [-0.15, -0.1) is 0 Å². The highest BCUT2D eigenvalue weighted by atomic mass is 32.2. The van der Waals surface area contributed by atoms with Crippen LogP contribution in [0.1, 0.15) is 19.4 Å². The largest absolute Gasteiger partial charge is 0.389 e. The molecule has 0 aliphatic carbocycles. The van der Waals surface area contributed by atoms with E-state index in [1.165, 1.54) is 18.3 Å². The number of amides is 1. The van der Waals surface area contributed by atoms with Gasteiger partial charge in [-0.1, -0.05) is 12.1 Å². The molecule has 1 aliphatic heterocycles. The number of rotatable bonds is 6. The minimum Gasteiger partial charge on any atom is -0.389 e. The van der Waals surface area contributed by atoms with Crippen LogP contribution >= 0.6 is 0 Å². The van der Waals surface area contributed by atoms with E-state index in [1.54, 1.807) is 17.0 Å². The number of nitrogens with zero attached hydrogens (tertiary/aromatic N) is 2. The molecule has 27 heavy (non-hydrogen) atoms. The second-order valence-electron chi connectivity index (χ2n) is 6.53. The van der Waals surface area contributed by atoms with Gasteiger partial charge in [-0.2, -0.15) is 5.26 Å². The molecule has 2 atom stereocenters. The van der Waals surface area contributed by atoms with Crippen molar-refractivity contribution in [1.82, 2.24) is 10.2 Å². The molecule has 1 amide bonds. The molecule has 1 aromatic carbocycles. The Morgan fingerprint density at radius 2 is 1.93 bits per heavy atom. The molecule has 8 nitrogen and oxygen atoms in total. The quantitative estimate of drug-likeness (QED) is 0.413. The molecule has 2 unspecified atom stereocenters. The molecule has 1 saturated heterocycles. The van der Waals surface area contributed by atoms with Crippen molar-refractivity contribution in [2.45, 2.75) is 37.4 Å². The van der Waals surface area contributed by atoms with Crippen LogP contribution in [0.25, 0.3) is 0 Å². The number of sulfonamides is 1. The average molecular weight is 392 g/mol. The third-order valence-corrected chi connectivity index (χ3v) is 5.04. The van der Waals surface area contributed by atoms with Gasteiger partial charge in [0.25, 0.3) is 5.91 Å². The molecule has 9 heteroatoms. The lowest BCUT2D eigenvalue weighted by Gasteiger charge is -2.35. The number of primary sulfonamides is 1. The number of nitrogens with two attached hydrogens (primary N) is 1. The predicted molar refractivity (Wildman–Crippen MR) is 99.8 cm³/mol. The molecule has 146 valence electrons. The average Bonchev–Trinajstić information content (AvgIpc) is 2.60. The van der Waals surface area contributed by atoms with Crippen LogP contribution in [0.3, 0.4) is 0 Å². The van der Waals surface area contributed by atoms with Gasteiger partial charge in [-0.05, 0) is 38.0 Å². The van der Waals surface area contributed by atoms with Crippen molar-refractivity contribution < 1.29 is 17.9 Å². The van der Waals surface area contributed by atoms with Crippen LogP contribution in [0.5, 0.6) is 0 Å². The number of nitriles is 1. The van der Waals surface area contributed by atoms with Crippen molar-refractivity contribution in [3.8, 4) is 6.07 Å². The summed E-state index contributed by atoms with van der Waals surface area (Å²) in [5.74, 6) is -0.315. The Bertz CT molecular complexity index is 833. The Balaban J connectivity index is 1.90. The zero-order chi connectivity index (χ0) is 20.0. The maximum absolute atomic E-state index is 12.5. The Labute approximate surface area is 159 Å². The summed E-state index contributed by atoms with van der Waals surface area (Å²) in [4.78, 5) is 14.2. The minimum absolute atomic E-state index is 0.0425. The van der Waals surface area contributed by atoms with Gasteiger partial charge in [0.15, 0.2) is 0 Å². The third kappa shape index (κ3) is 6.06. The smallest absolute Gasteiger partial charge is 0.266 e. The summed E-state index contributed by atoms with van der Waals surface area (Å²) in [6.07, 6.45) is 1.89. The highest BCUT2D eigenvalue weighted by Gasteiger charge is 2.27. The van der Waals surface area contributed by atoms with E-state index in [0.29, 0.717) is 26.1 Å². The Kier molecular flexibility index (Phi) is 6.96. The fourth-order valence-corrected chi connectivity index (χ4v) is 3.41. The van der Waals surface area contributed by atoms with E-state index < -0.39 is 10.0 Å². The molecule has 3 N–H and O–H groups in total. The summed E-state index contributed by atoms with van der Waals surface area (Å²) in [6.45, 7) is 5.19. The monoisotopic (exact) mass is 392 g/mol. The van der Waals surface area contributed by atoms with E-state index in [0.717, 1.165) is 5.56 Å². The Hall–Kier alpha value is -2.41. The summed E-state index contributed by atoms with van der Waals surface area (Å²) >= 11 is 0. The SMILES string of the molecule is CC1CN(C(=O)/C(C#N)=C\NCCc2ccc(S(N)(=O)=O)cc2)CC(C)O1. The third-order valence-electron chi connectivity index (χ3n) is 4.11. The molecule has 0 bridgehead atoms. The molecule has 1 aromatic rings. The second-order valence-corrected chi connectivity index (χ2v) is 8.09. The zero-order valence-corrected chi connectivity index (χ0v) is 16.2. The number of hydrogen-bond donors (Lipinski definition) is 2. The molecule has 0 radical (unpaired) electrons. The van der Waals surface area contributed by atoms with Gasteiger partial charge < -0.3 is 15.0 Å². The van der Waals surface area contributed by atoms with E-state index >= 15 is 0 Å². The van der Waals surface area contributed by atoms with Crippen molar-refractivity contribution >= 4 is 15.9 Å². The van der Waals surface area contributed by atoms with Crippen molar-refractivity contribution in [3.63, 3.8) is 0 Å². The van der Waals surface area contributed by atoms with E-state index in [2.05, 4.69) is 5.32 Å². The first kappa shape index (κ1) is 20.9. The van der Waals surface area contributed by atoms with Crippen molar-refractivity contribution in [1.29, 1.82) is 5.26 Å². The van der Waals surface area contributed by atoms with E-state index in [1.807, 2.05) is 19.9 Å². The van der Waals surface area contributed by atoms with Crippen LogP contribution in [-0.4, -0.2) is 51.1 Å². The zero-order valence-electron chi connectivity index (χ0n) is 15.4. The molecular formula is C18H24N4O4S. The molecule has 0 spiro atoms. The van der Waals surface area contributed by atoms with E-state index in [9.17, 15) is 18.5 Å². The molecule has 1 fully saturated rings. The fourth-order valence-electron chi connectivity index (χ4n) is 2.89. The van der Waals surface area contributed by atoms with Gasteiger partial charge >= 0.3 is 0 Å². The predicted octanol–water partition coefficient (Wildman–Crippen LogP) is 0.509. The van der Waals surface area contributed by atoms with Crippen LogP contribution in [0.2, 0.25) is 0 Å². The van der Waals surface area contributed by atoms with Crippen LogP contribution in [0.4, 0.5) is 0 Å². The van der Waals surface area contributed by atoms with Crippen LogP contribution < -0.4 is 10.5 Å². The van der Waals surface area contributed by atoms with Crippen LogP contribution in [0.15, 0.2) is 40.9 Å². The maximum Gasteiger partial charge on any atom is 0.266 e. The summed E-state index contributed by atoms with van der Waals surface area (Å²) in [5, 5.41) is 17.3. The minimum atomic E-state index is -3.70. The number of nitrogens with one attached hydrogen (secondary N) is 1. The standard InChI is InChI=1S/C18H24N4O4S/c1-13-11-22(12-14(2)26-13)18(23)16(9-19)10-21-8-7-15-3-5-17(6-4-15)27(20,24)25/h3-6,10,13-14,21H,7-8,11-12H2,1-2H3,(H2,20,24,25)/b16-10-. The summed E-state index contributed by atoms with van der Waals surface area (Å²) < 4.78 is 28.1. The van der Waals surface area contributed by atoms with E-state index in [4.69, 9.17) is 9.88 Å². The van der Waals surface area contributed by atoms with Gasteiger partial charge in [0.1, 0.15) is 11.6 Å². The normalized spacial score (nSPS) is 20.8. The fraction of sp³-hybridized carbons (Fsp3) is 0.444. The molecular weight excluding hydrogens is 368 g/mol. The number of carbonyl (C=O) groups is 1. The summed E-state index contributed by atoms with van der Waals surface area (Å²) in [7, 11) is -3.70. The van der Waals surface area contributed by atoms with Gasteiger partial charge in [0.05, 0.1) is 17.1 Å². The van der Waals surface area contributed by atoms with Gasteiger partial charge in [0, 0.05) is 25.8 Å². The highest BCUT2D eigenvalue weighted by Crippen LogP contribution is 2.13. The molecule has 0 saturated carbocycles. The topological polar surface area (TPSA) is 126 Å². The summed E-state index contributed by atoms with van der Waals surface area (Å²) in [6, 6.07) is 8.19. The summed E-state index contributed by atoms with van der Waals surface area (Å²) in [5.41, 5.74) is 0.949. The van der Waals surface area contributed by atoms with Gasteiger partial charge in [0.2, 0.25) is 10.0 Å². The Morgan fingerprint density at radius 1 is 1.33 bits per heavy atom. The lowest BCUT2D eigenvalue weighted by molar-refractivity contribution is -0.138. The van der Waals surface area contributed by atoms with Crippen LogP contribution in [0, 0.1) is 11.3 Å². The van der Waals surface area contributed by atoms with Crippen LogP contribution in [-0.2, 0) is 26.0 Å². The lowest BCUT2D eigenvalue weighted by Crippen LogP contribution is -2.48. The number of carbonyl (C=O) groups excluding carboxylic acids is 1. The lowest BCUT2D eigenvalue weighted by atomic mass is 10.1. The van der Waals surface area contributed by atoms with Crippen molar-refractivity contribution in [2.75, 3.05) is 19.6 Å². The molecule has 0 aromatic heterocycles. The molecule has 2 rings (SSSR count). The first-order chi connectivity index (χ1) is 12.7. The molecule has 1 heterocycles. The second kappa shape index (κ2) is 8.99. The number of hydrogen-bond acceptors (Lipinski definition) is 6. The molecule has 1 aliphatic rings. The first-order valence-electron chi connectivity index (χ1n) is 8.61. The van der Waals surface area contributed by atoms with E-state index in [-0.39, 0.29) is 28.6 Å². The number of morpholine rings is 1. The van der Waals surface area contributed by atoms with Crippen molar-refractivity contribution in [2.24, 2.45) is 5.14 Å². The highest BCUT2D eigenvalue weighted by molar-refractivity contribution is 7.89. The first-order valence-corrected chi connectivity index (χ1v) is 10.2. The van der Waals surface area contributed by atoms with Gasteiger partial charge in [-0.3, -0.25) is 4.79 Å². The number of ether oxygens (including phenoxy) is 1.